The number of hydrogen-bond acceptors (Lipinski definition) is 41. The van der Waals surface area contributed by atoms with Crippen LogP contribution in [0, 0.1) is 0 Å². The van der Waals surface area contributed by atoms with Crippen LogP contribution in [0.25, 0.3) is 0 Å². The number of thioether (sulfide) groups is 2. The van der Waals surface area contributed by atoms with Crippen molar-refractivity contribution in [2.24, 2.45) is 0 Å². The number of carbonyl (C=O) groups excluding carboxylic acids is 24. The van der Waals surface area contributed by atoms with Gasteiger partial charge in [-0.05, 0) is 20.8 Å². The monoisotopic (exact) mass is 1580 g/mol. The number of Topliss-reactive ketones (excluding diaryl/α,β-unsaturated/α-hetero) is 8. The fourth-order valence-corrected chi connectivity index (χ4v) is 10.5. The number of carbonyl (C=O) groups is 24. The van der Waals surface area contributed by atoms with Gasteiger partial charge in [0.1, 0.15) is 46.9 Å². The average molecular weight is 1580 g/mol. The number of amides is 7. The molecule has 7 amide bonds. The van der Waals surface area contributed by atoms with Gasteiger partial charge in [-0.3, -0.25) is 86.3 Å². The maximum absolute atomic E-state index is 11.2. The Morgan fingerprint density at radius 3 is 0.886 bits per heavy atom. The number of nitrogens with zero attached hydrogens (tertiary/aromatic N) is 3. The van der Waals surface area contributed by atoms with Gasteiger partial charge in [0.2, 0.25) is 62.4 Å². The molecule has 0 aromatic rings. The molecule has 0 saturated heterocycles. The molecule has 0 spiro atoms. The molecule has 43 nitrogen and oxygen atoms in total. The first-order chi connectivity index (χ1) is 48.2. The van der Waals surface area contributed by atoms with Crippen molar-refractivity contribution in [1.29, 1.82) is 0 Å². The van der Waals surface area contributed by atoms with Crippen molar-refractivity contribution in [3.8, 4) is 0 Å². The van der Waals surface area contributed by atoms with Crippen molar-refractivity contribution in [2.45, 2.75) is 89.0 Å². The minimum Gasteiger partial charge on any atom is -0.454 e. The van der Waals surface area contributed by atoms with Crippen molar-refractivity contribution in [3.63, 3.8) is 0 Å². The lowest BCUT2D eigenvalue weighted by molar-refractivity contribution is -0.150. The molecule has 105 heavy (non-hydrogen) atoms. The Bertz CT molecular complexity index is 3930. The van der Waals surface area contributed by atoms with Crippen LogP contribution in [0.15, 0.2) is 94.7 Å². The SMILES string of the molecule is CC(=O)C(=O)N1C(=O)C=C(C)OS1(=O)=O.CC(=O)C(=O)N1C(=O)C=C(C)OS1(=O)=O.CC(=O)C(=O)N1C(=O)C=C(C)OS1(=O)=O.CC(=O)C(=O)OC1=CC(=O)CC1.CC(=O)C(=O)OC1=CC(=O)NC1.CC(=O)C(=O)OC1=CC(=O)OC1.CC(=O)C(=O)OC1=CC(=O)SC1.CC(=O)C(=O)OC1=CC(=O)SC1. The molecule has 48 heteroatoms. The zero-order valence-electron chi connectivity index (χ0n) is 55.7. The number of hydrogen-bond donors (Lipinski definition) is 1. The number of imide groups is 3. The first-order valence-electron chi connectivity index (χ1n) is 27.8. The van der Waals surface area contributed by atoms with Gasteiger partial charge in [-0.2, -0.15) is 25.3 Å². The molecule has 1 N–H and O–H groups in total. The van der Waals surface area contributed by atoms with Gasteiger partial charge in [0.15, 0.2) is 11.5 Å². The van der Waals surface area contributed by atoms with Gasteiger partial charge < -0.3 is 46.3 Å². The van der Waals surface area contributed by atoms with Gasteiger partial charge in [0, 0.05) is 111 Å². The highest BCUT2D eigenvalue weighted by Crippen LogP contribution is 2.23. The highest BCUT2D eigenvalue weighted by molar-refractivity contribution is 8.14. The first kappa shape index (κ1) is 91.0. The smallest absolute Gasteiger partial charge is 0.419 e. The topological polar surface area (TPSA) is 617 Å². The van der Waals surface area contributed by atoms with E-state index < -0.39 is 148 Å². The lowest BCUT2D eigenvalue weighted by Gasteiger charge is -2.21. The second kappa shape index (κ2) is 40.6. The summed E-state index contributed by atoms with van der Waals surface area (Å²) in [7, 11) is -13.6. The maximum Gasteiger partial charge on any atom is 0.419 e. The summed E-state index contributed by atoms with van der Waals surface area (Å²) in [6.07, 6.45) is 9.05. The molecule has 8 aliphatic rings. The summed E-state index contributed by atoms with van der Waals surface area (Å²) in [6, 6.07) is 0. The summed E-state index contributed by atoms with van der Waals surface area (Å²) >= 11 is 2.08. The Kier molecular flexibility index (Phi) is 35.1. The van der Waals surface area contributed by atoms with Crippen LogP contribution in [0.5, 0.6) is 0 Å². The minimum atomic E-state index is -4.52. The van der Waals surface area contributed by atoms with Crippen LogP contribution in [0.2, 0.25) is 0 Å². The summed E-state index contributed by atoms with van der Waals surface area (Å²) in [5.74, 6) is -18.6. The molecule has 0 aromatic heterocycles. The summed E-state index contributed by atoms with van der Waals surface area (Å²) < 4.78 is 107. The van der Waals surface area contributed by atoms with Gasteiger partial charge in [0.25, 0.3) is 17.7 Å². The lowest BCUT2D eigenvalue weighted by Crippen LogP contribution is -2.46. The van der Waals surface area contributed by atoms with Crippen LogP contribution in [0.3, 0.4) is 0 Å². The second-order valence-corrected chi connectivity index (χ2v) is 25.7. The van der Waals surface area contributed by atoms with Gasteiger partial charge >= 0.3 is 84.4 Å². The third kappa shape index (κ3) is 31.4. The van der Waals surface area contributed by atoms with Gasteiger partial charge in [0.05, 0.1) is 24.1 Å². The molecule has 566 valence electrons. The van der Waals surface area contributed by atoms with Gasteiger partial charge in [-0.1, -0.05) is 23.5 Å². The van der Waals surface area contributed by atoms with Gasteiger partial charge in [-0.25, -0.2) is 28.8 Å². The molecule has 0 saturated carbocycles. The fourth-order valence-electron chi connectivity index (χ4n) is 6.09. The molecule has 7 heterocycles. The molecular weight excluding hydrogens is 1520 g/mol. The van der Waals surface area contributed by atoms with E-state index in [1.54, 1.807) is 0 Å². The predicted octanol–water partition coefficient (Wildman–Crippen LogP) is -3.06. The highest BCUT2D eigenvalue weighted by atomic mass is 32.2. The van der Waals surface area contributed by atoms with E-state index in [1.807, 2.05) is 0 Å². The van der Waals surface area contributed by atoms with Crippen molar-refractivity contribution >= 4 is 194 Å². The van der Waals surface area contributed by atoms with E-state index in [2.05, 4.69) is 46.3 Å². The number of ether oxygens (including phenoxy) is 6. The van der Waals surface area contributed by atoms with Crippen LogP contribution >= 0.6 is 23.5 Å². The number of esters is 6. The predicted molar refractivity (Wildman–Crippen MR) is 336 cm³/mol. The van der Waals surface area contributed by atoms with Crippen molar-refractivity contribution in [2.75, 3.05) is 24.7 Å². The normalized spacial score (nSPS) is 17.1. The number of nitrogens with one attached hydrogen (secondary N) is 1. The van der Waals surface area contributed by atoms with E-state index in [0.29, 0.717) is 30.1 Å². The summed E-state index contributed by atoms with van der Waals surface area (Å²) in [6.45, 7) is 11.9. The van der Waals surface area contributed by atoms with Crippen molar-refractivity contribution in [1.82, 2.24) is 18.2 Å². The van der Waals surface area contributed by atoms with E-state index in [4.69, 9.17) is 0 Å². The molecule has 1 aliphatic carbocycles. The van der Waals surface area contributed by atoms with E-state index in [1.165, 1.54) is 39.0 Å². The number of cyclic esters (lactones) is 1. The molecule has 0 unspecified atom stereocenters. The molecule has 0 fully saturated rings. The molecule has 8 rings (SSSR count). The Labute approximate surface area is 599 Å². The molecular formula is C57H54N4O39S5. The third-order valence-corrected chi connectivity index (χ3v) is 16.0. The summed E-state index contributed by atoms with van der Waals surface area (Å²) in [4.78, 5) is 257. The maximum atomic E-state index is 11.2. The average Bonchev–Trinajstić information content (AvgIpc) is 1.79. The van der Waals surface area contributed by atoms with Crippen LogP contribution in [0.1, 0.15) is 89.0 Å². The Morgan fingerprint density at radius 1 is 0.371 bits per heavy atom. The number of rotatable bonds is 13. The first-order valence-corrected chi connectivity index (χ1v) is 33.8. The van der Waals surface area contributed by atoms with E-state index >= 15 is 0 Å². The standard InChI is InChI=1S/C8H8O4.3C7H7NO6S.C7H7NO4.C7H6O5.2C7H6O4S/c1-5(9)8(11)12-7-3-2-6(10)4-7;3*1-4-3-6(10)8(7(11)5(2)9)15(12,13)14-4;1-4(9)7(11)12-5-2-6(10)8-3-5;1-4(8)7(10)12-5-2-6(9)11-3-5;2*1-4(8)7(10)11-5-2-6(9)12-3-5/h4H,2-3H2,1H3;3*3H,1-2H3;2H,3H2,1H3,(H,8,10);3*2H,3H2,1H3. The highest BCUT2D eigenvalue weighted by Gasteiger charge is 2.43. The largest absolute Gasteiger partial charge is 0.454 e. The number of allylic oxidation sites excluding steroid dienone is 5. The van der Waals surface area contributed by atoms with Crippen LogP contribution in [0.4, 0.5) is 0 Å². The van der Waals surface area contributed by atoms with Crippen LogP contribution in [-0.2, 0) is 187 Å². The van der Waals surface area contributed by atoms with E-state index in [9.17, 15) is 140 Å². The summed E-state index contributed by atoms with van der Waals surface area (Å²) in [5.41, 5.74) is 0. The Balaban J connectivity index is 0.000000601. The third-order valence-electron chi connectivity index (χ3n) is 10.6. The molecule has 0 bridgehead atoms. The second-order valence-electron chi connectivity index (χ2n) is 19.6. The molecule has 7 aliphatic heterocycles. The van der Waals surface area contributed by atoms with Gasteiger partial charge in [-0.15, -0.1) is 12.9 Å². The quantitative estimate of drug-likeness (QED) is 0.109. The summed E-state index contributed by atoms with van der Waals surface area (Å²) in [5, 5.41) is 2.09. The van der Waals surface area contributed by atoms with Crippen LogP contribution in [-0.4, -0.2) is 202 Å². The molecule has 0 atom stereocenters. The molecule has 0 aromatic carbocycles. The van der Waals surface area contributed by atoms with Crippen molar-refractivity contribution < 1.29 is 181 Å². The zero-order valence-corrected chi connectivity index (χ0v) is 59.7. The minimum absolute atomic E-state index is 0.0682. The number of ketones is 9. The molecule has 0 radical (unpaired) electrons. The Hall–Kier alpha value is -12.1. The zero-order chi connectivity index (χ0) is 81.1. The Morgan fingerprint density at radius 2 is 0.667 bits per heavy atom. The van der Waals surface area contributed by atoms with Crippen LogP contribution < -0.4 is 5.32 Å². The van der Waals surface area contributed by atoms with E-state index in [0.717, 1.165) is 109 Å². The fraction of sp³-hybridized carbons (Fsp3) is 0.298. The van der Waals surface area contributed by atoms with E-state index in [-0.39, 0.29) is 88.3 Å². The van der Waals surface area contributed by atoms with Crippen molar-refractivity contribution in [3.05, 3.63) is 94.7 Å². The lowest BCUT2D eigenvalue weighted by atomic mass is 10.3.